The van der Waals surface area contributed by atoms with Crippen molar-refractivity contribution in [3.05, 3.63) is 29.3 Å². The Hall–Kier alpha value is -1.07. The van der Waals surface area contributed by atoms with E-state index >= 15 is 0 Å². The van der Waals surface area contributed by atoms with Gasteiger partial charge in [-0.05, 0) is 6.92 Å². The van der Waals surface area contributed by atoms with Crippen LogP contribution in [0.4, 0.5) is 5.13 Å². The molecular weight excluding hydrogens is 232 g/mol. The molecule has 0 saturated carbocycles. The van der Waals surface area contributed by atoms with Crippen molar-refractivity contribution in [1.82, 2.24) is 14.5 Å². The fourth-order valence-electron chi connectivity index (χ4n) is 1.29. The highest BCUT2D eigenvalue weighted by Gasteiger charge is 2.05. The second-order valence-electron chi connectivity index (χ2n) is 3.28. The molecule has 6 heteroatoms. The minimum absolute atomic E-state index is 0.293. The first kappa shape index (κ1) is 10.4. The zero-order valence-electron chi connectivity index (χ0n) is 8.22. The van der Waals surface area contributed by atoms with E-state index in [1.54, 1.807) is 12.5 Å². The third-order valence-corrected chi connectivity index (χ3v) is 2.99. The minimum Gasteiger partial charge on any atom is -0.357 e. The van der Waals surface area contributed by atoms with E-state index in [1.165, 1.54) is 11.3 Å². The largest absolute Gasteiger partial charge is 0.357 e. The molecule has 0 aliphatic heterocycles. The fourth-order valence-corrected chi connectivity index (χ4v) is 2.24. The molecule has 80 valence electrons. The van der Waals surface area contributed by atoms with Gasteiger partial charge in [-0.25, -0.2) is 9.97 Å². The van der Waals surface area contributed by atoms with E-state index < -0.39 is 0 Å². The zero-order valence-corrected chi connectivity index (χ0v) is 9.79. The van der Waals surface area contributed by atoms with Gasteiger partial charge in [0, 0.05) is 30.4 Å². The van der Waals surface area contributed by atoms with Crippen LogP contribution >= 0.6 is 22.9 Å². The third kappa shape index (κ3) is 2.94. The molecule has 15 heavy (non-hydrogen) atoms. The first-order chi connectivity index (χ1) is 7.24. The number of hydrogen-bond donors (Lipinski definition) is 1. The summed E-state index contributed by atoms with van der Waals surface area (Å²) >= 11 is 7.24. The maximum Gasteiger partial charge on any atom is 0.184 e. The number of anilines is 1. The van der Waals surface area contributed by atoms with Gasteiger partial charge in [-0.3, -0.25) is 0 Å². The monoisotopic (exact) mass is 242 g/mol. The van der Waals surface area contributed by atoms with Crippen LogP contribution in [0.25, 0.3) is 0 Å². The van der Waals surface area contributed by atoms with E-state index in [-0.39, 0.29) is 0 Å². The molecule has 1 atom stereocenters. The van der Waals surface area contributed by atoms with Gasteiger partial charge in [-0.15, -0.1) is 11.3 Å². The number of nitrogens with one attached hydrogen (secondary N) is 1. The summed E-state index contributed by atoms with van der Waals surface area (Å²) in [5.41, 5.74) is 0. The van der Waals surface area contributed by atoms with Crippen molar-refractivity contribution in [2.45, 2.75) is 19.5 Å². The van der Waals surface area contributed by atoms with Crippen LogP contribution in [0.5, 0.6) is 0 Å². The Labute approximate surface area is 96.9 Å². The Morgan fingerprint density at radius 3 is 3.13 bits per heavy atom. The topological polar surface area (TPSA) is 42.7 Å². The molecule has 0 fully saturated rings. The lowest BCUT2D eigenvalue weighted by molar-refractivity contribution is 0.618. The Kier molecular flexibility index (Phi) is 3.23. The molecule has 4 nitrogen and oxygen atoms in total. The molecule has 0 aliphatic rings. The summed E-state index contributed by atoms with van der Waals surface area (Å²) in [6.07, 6.45) is 5.51. The normalized spacial score (nSPS) is 12.7. The average Bonchev–Trinajstić information content (AvgIpc) is 2.77. The molecule has 0 aliphatic carbocycles. The first-order valence-electron chi connectivity index (χ1n) is 4.57. The third-order valence-electron chi connectivity index (χ3n) is 1.89. The number of hydrogen-bond acceptors (Lipinski definition) is 4. The molecule has 0 spiro atoms. The van der Waals surface area contributed by atoms with Crippen molar-refractivity contribution in [2.75, 3.05) is 5.32 Å². The first-order valence-corrected chi connectivity index (χ1v) is 5.83. The lowest BCUT2D eigenvalue weighted by atomic mass is 10.3. The Balaban J connectivity index is 1.90. The highest BCUT2D eigenvalue weighted by molar-refractivity contribution is 7.14. The predicted octanol–water partition coefficient (Wildman–Crippen LogP) is 2.49. The van der Waals surface area contributed by atoms with Crippen LogP contribution < -0.4 is 5.32 Å². The SMILES string of the molecule is CC(Cn1ccnc1)Nc1nc(Cl)cs1. The number of imidazole rings is 1. The van der Waals surface area contributed by atoms with Crippen molar-refractivity contribution < 1.29 is 0 Å². The Morgan fingerprint density at radius 2 is 2.53 bits per heavy atom. The maximum atomic E-state index is 5.73. The van der Waals surface area contributed by atoms with Gasteiger partial charge in [0.2, 0.25) is 0 Å². The molecule has 1 unspecified atom stereocenters. The lowest BCUT2D eigenvalue weighted by Crippen LogP contribution is -2.21. The second kappa shape index (κ2) is 4.63. The number of halogens is 1. The van der Waals surface area contributed by atoms with Crippen LogP contribution in [0, 0.1) is 0 Å². The highest BCUT2D eigenvalue weighted by atomic mass is 35.5. The molecule has 2 heterocycles. The average molecular weight is 243 g/mol. The Bertz CT molecular complexity index is 411. The van der Waals surface area contributed by atoms with Crippen molar-refractivity contribution in [1.29, 1.82) is 0 Å². The van der Waals surface area contributed by atoms with Crippen molar-refractivity contribution in [2.24, 2.45) is 0 Å². The van der Waals surface area contributed by atoms with Crippen LogP contribution in [0.1, 0.15) is 6.92 Å². The van der Waals surface area contributed by atoms with Gasteiger partial charge in [0.1, 0.15) is 5.15 Å². The molecular formula is C9H11ClN4S. The highest BCUT2D eigenvalue weighted by Crippen LogP contribution is 2.19. The summed E-state index contributed by atoms with van der Waals surface area (Å²) in [5, 5.41) is 6.48. The molecule has 0 bridgehead atoms. The molecule has 2 aromatic rings. The molecule has 0 amide bonds. The van der Waals surface area contributed by atoms with Gasteiger partial charge >= 0.3 is 0 Å². The number of rotatable bonds is 4. The molecule has 0 saturated heterocycles. The Morgan fingerprint density at radius 1 is 1.67 bits per heavy atom. The lowest BCUT2D eigenvalue weighted by Gasteiger charge is -2.12. The molecule has 0 aromatic carbocycles. The van der Waals surface area contributed by atoms with Crippen molar-refractivity contribution >= 4 is 28.1 Å². The van der Waals surface area contributed by atoms with Crippen LogP contribution in [0.15, 0.2) is 24.1 Å². The van der Waals surface area contributed by atoms with Crippen molar-refractivity contribution in [3.63, 3.8) is 0 Å². The van der Waals surface area contributed by atoms with E-state index in [4.69, 9.17) is 11.6 Å². The number of thiazole rings is 1. The molecule has 2 aromatic heterocycles. The summed E-state index contributed by atoms with van der Waals surface area (Å²) in [4.78, 5) is 8.12. The van der Waals surface area contributed by atoms with Gasteiger partial charge in [0.25, 0.3) is 0 Å². The fraction of sp³-hybridized carbons (Fsp3) is 0.333. The van der Waals surface area contributed by atoms with Crippen LogP contribution in [-0.4, -0.2) is 20.6 Å². The van der Waals surface area contributed by atoms with Crippen LogP contribution in [-0.2, 0) is 6.54 Å². The van der Waals surface area contributed by atoms with E-state index in [0.717, 1.165) is 11.7 Å². The quantitative estimate of drug-likeness (QED) is 0.896. The van der Waals surface area contributed by atoms with Crippen LogP contribution in [0.3, 0.4) is 0 Å². The van der Waals surface area contributed by atoms with Crippen molar-refractivity contribution in [3.8, 4) is 0 Å². The van der Waals surface area contributed by atoms with Crippen LogP contribution in [0.2, 0.25) is 5.15 Å². The second-order valence-corrected chi connectivity index (χ2v) is 4.53. The van der Waals surface area contributed by atoms with Gasteiger partial charge in [-0.2, -0.15) is 0 Å². The zero-order chi connectivity index (χ0) is 10.7. The van der Waals surface area contributed by atoms with E-state index in [1.807, 2.05) is 16.1 Å². The molecule has 1 N–H and O–H groups in total. The summed E-state index contributed by atoms with van der Waals surface area (Å²) in [6.45, 7) is 2.95. The van der Waals surface area contributed by atoms with Gasteiger partial charge in [0.05, 0.1) is 6.33 Å². The van der Waals surface area contributed by atoms with E-state index in [2.05, 4.69) is 22.2 Å². The standard InChI is InChI=1S/C9H11ClN4S/c1-7(4-14-3-2-11-6-14)12-9-13-8(10)5-15-9/h2-3,5-7H,4H2,1H3,(H,12,13). The molecule has 0 radical (unpaired) electrons. The van der Waals surface area contributed by atoms with E-state index in [0.29, 0.717) is 11.2 Å². The number of nitrogens with zero attached hydrogens (tertiary/aromatic N) is 3. The van der Waals surface area contributed by atoms with Gasteiger partial charge in [-0.1, -0.05) is 11.6 Å². The molecule has 2 rings (SSSR count). The predicted molar refractivity (Wildman–Crippen MR) is 62.4 cm³/mol. The summed E-state index contributed by atoms with van der Waals surface area (Å²) in [5.74, 6) is 0. The minimum atomic E-state index is 0.293. The maximum absolute atomic E-state index is 5.73. The van der Waals surface area contributed by atoms with E-state index in [9.17, 15) is 0 Å². The summed E-state index contributed by atoms with van der Waals surface area (Å²) in [6, 6.07) is 0.293. The summed E-state index contributed by atoms with van der Waals surface area (Å²) < 4.78 is 2.02. The summed E-state index contributed by atoms with van der Waals surface area (Å²) in [7, 11) is 0. The van der Waals surface area contributed by atoms with Gasteiger partial charge < -0.3 is 9.88 Å². The smallest absolute Gasteiger partial charge is 0.184 e. The number of aromatic nitrogens is 3. The van der Waals surface area contributed by atoms with Gasteiger partial charge in [0.15, 0.2) is 5.13 Å².